The fourth-order valence-corrected chi connectivity index (χ4v) is 3.32. The van der Waals surface area contributed by atoms with Gasteiger partial charge in [0, 0.05) is 21.5 Å². The number of hydrogen-bond donors (Lipinski definition) is 0. The topological polar surface area (TPSA) is 78.1 Å². The molecule has 6 nitrogen and oxygen atoms in total. The molecule has 8 heteroatoms. The van der Waals surface area contributed by atoms with Crippen LogP contribution in [0.5, 0.6) is 0 Å². The Bertz CT molecular complexity index is 1080. The molecule has 2 heterocycles. The fraction of sp³-hybridized carbons (Fsp3) is 0.0526. The van der Waals surface area contributed by atoms with Crippen LogP contribution in [0.4, 0.5) is 0 Å². The van der Waals surface area contributed by atoms with Crippen molar-refractivity contribution < 1.29 is 14.1 Å². The largest absolute Gasteiger partial charge is 0.451 e. The Morgan fingerprint density at radius 2 is 1.89 bits per heavy atom. The molecule has 0 fully saturated rings. The van der Waals surface area contributed by atoms with Crippen molar-refractivity contribution in [1.82, 2.24) is 15.1 Å². The first kappa shape index (κ1) is 17.4. The number of esters is 1. The number of thiazole rings is 1. The minimum Gasteiger partial charge on any atom is -0.451 e. The number of aromatic nitrogens is 3. The molecule has 4 aromatic rings. The molecule has 0 atom stereocenters. The zero-order valence-electron chi connectivity index (χ0n) is 13.8. The van der Waals surface area contributed by atoms with Crippen molar-refractivity contribution in [2.24, 2.45) is 0 Å². The van der Waals surface area contributed by atoms with Gasteiger partial charge in [-0.05, 0) is 12.1 Å². The summed E-state index contributed by atoms with van der Waals surface area (Å²) in [7, 11) is 0. The SMILES string of the molecule is O=C(OCc1nc(-c2ccccc2)no1)c1csc(-c2cccc(Cl)c2)n1. The molecule has 0 radical (unpaired) electrons. The average Bonchev–Trinajstić information content (AvgIpc) is 3.37. The summed E-state index contributed by atoms with van der Waals surface area (Å²) in [5, 5.41) is 6.82. The molecule has 0 bridgehead atoms. The smallest absolute Gasteiger partial charge is 0.358 e. The lowest BCUT2D eigenvalue weighted by Gasteiger charge is -1.99. The van der Waals surface area contributed by atoms with Crippen molar-refractivity contribution in [1.29, 1.82) is 0 Å². The van der Waals surface area contributed by atoms with E-state index in [1.165, 1.54) is 11.3 Å². The maximum Gasteiger partial charge on any atom is 0.358 e. The average molecular weight is 398 g/mol. The molecule has 0 amide bonds. The minimum absolute atomic E-state index is 0.122. The van der Waals surface area contributed by atoms with E-state index in [-0.39, 0.29) is 18.2 Å². The molecule has 27 heavy (non-hydrogen) atoms. The molecule has 0 unspecified atom stereocenters. The van der Waals surface area contributed by atoms with Gasteiger partial charge in [-0.25, -0.2) is 9.78 Å². The summed E-state index contributed by atoms with van der Waals surface area (Å²) in [6.45, 7) is -0.122. The number of nitrogens with zero attached hydrogens (tertiary/aromatic N) is 3. The first-order chi connectivity index (χ1) is 13.2. The van der Waals surface area contributed by atoms with Crippen LogP contribution in [0, 0.1) is 0 Å². The van der Waals surface area contributed by atoms with Gasteiger partial charge in [0.1, 0.15) is 5.01 Å². The van der Waals surface area contributed by atoms with Crippen molar-refractivity contribution in [3.05, 3.63) is 76.6 Å². The van der Waals surface area contributed by atoms with E-state index in [0.717, 1.165) is 11.1 Å². The molecular formula is C19H12ClN3O3S. The number of halogens is 1. The Morgan fingerprint density at radius 3 is 2.70 bits per heavy atom. The third kappa shape index (κ3) is 4.05. The molecule has 2 aromatic heterocycles. The van der Waals surface area contributed by atoms with Crippen LogP contribution in [0.15, 0.2) is 64.5 Å². The second-order valence-electron chi connectivity index (χ2n) is 5.50. The minimum atomic E-state index is -0.556. The van der Waals surface area contributed by atoms with Crippen LogP contribution in [0.2, 0.25) is 5.02 Å². The second kappa shape index (κ2) is 7.69. The lowest BCUT2D eigenvalue weighted by atomic mass is 10.2. The van der Waals surface area contributed by atoms with Gasteiger partial charge in [-0.3, -0.25) is 0 Å². The molecule has 134 valence electrons. The molecule has 0 aliphatic heterocycles. The zero-order valence-corrected chi connectivity index (χ0v) is 15.4. The van der Waals surface area contributed by atoms with E-state index in [2.05, 4.69) is 15.1 Å². The van der Waals surface area contributed by atoms with Crippen LogP contribution < -0.4 is 0 Å². The number of ether oxygens (including phenoxy) is 1. The fourth-order valence-electron chi connectivity index (χ4n) is 2.34. The Morgan fingerprint density at radius 1 is 1.07 bits per heavy atom. The van der Waals surface area contributed by atoms with E-state index in [1.807, 2.05) is 42.5 Å². The van der Waals surface area contributed by atoms with Gasteiger partial charge >= 0.3 is 5.97 Å². The Kier molecular flexibility index (Phi) is 4.95. The van der Waals surface area contributed by atoms with Crippen LogP contribution in [0.3, 0.4) is 0 Å². The van der Waals surface area contributed by atoms with Gasteiger partial charge < -0.3 is 9.26 Å². The molecule has 0 saturated carbocycles. The number of carbonyl (C=O) groups excluding carboxylic acids is 1. The van der Waals surface area contributed by atoms with Crippen LogP contribution in [0.25, 0.3) is 22.0 Å². The third-order valence-corrected chi connectivity index (χ3v) is 4.74. The molecule has 0 spiro atoms. The highest BCUT2D eigenvalue weighted by molar-refractivity contribution is 7.13. The van der Waals surface area contributed by atoms with Gasteiger partial charge in [0.15, 0.2) is 12.3 Å². The summed E-state index contributed by atoms with van der Waals surface area (Å²) in [6, 6.07) is 16.7. The highest BCUT2D eigenvalue weighted by atomic mass is 35.5. The van der Waals surface area contributed by atoms with Crippen LogP contribution >= 0.6 is 22.9 Å². The number of benzene rings is 2. The van der Waals surface area contributed by atoms with Crippen molar-refractivity contribution >= 4 is 28.9 Å². The molecule has 0 saturated heterocycles. The normalized spacial score (nSPS) is 10.7. The zero-order chi connectivity index (χ0) is 18.6. The van der Waals surface area contributed by atoms with E-state index in [0.29, 0.717) is 15.9 Å². The molecule has 0 N–H and O–H groups in total. The van der Waals surface area contributed by atoms with Gasteiger partial charge in [-0.15, -0.1) is 11.3 Å². The van der Waals surface area contributed by atoms with Gasteiger partial charge in [0.25, 0.3) is 5.89 Å². The predicted molar refractivity (Wildman–Crippen MR) is 101 cm³/mol. The summed E-state index contributed by atoms with van der Waals surface area (Å²) >= 11 is 7.33. The van der Waals surface area contributed by atoms with Gasteiger partial charge in [-0.1, -0.05) is 59.2 Å². The highest BCUT2D eigenvalue weighted by Gasteiger charge is 2.16. The molecule has 4 rings (SSSR count). The predicted octanol–water partition coefficient (Wildman–Crippen LogP) is 4.87. The summed E-state index contributed by atoms with van der Waals surface area (Å²) in [5.74, 6) is 0.102. The summed E-state index contributed by atoms with van der Waals surface area (Å²) in [6.07, 6.45) is 0. The summed E-state index contributed by atoms with van der Waals surface area (Å²) < 4.78 is 10.3. The van der Waals surface area contributed by atoms with Crippen molar-refractivity contribution in [3.8, 4) is 22.0 Å². The van der Waals surface area contributed by atoms with Crippen molar-refractivity contribution in [3.63, 3.8) is 0 Å². The summed E-state index contributed by atoms with van der Waals surface area (Å²) in [4.78, 5) is 20.7. The Hall–Kier alpha value is -3.03. The van der Waals surface area contributed by atoms with Crippen molar-refractivity contribution in [2.45, 2.75) is 6.61 Å². The van der Waals surface area contributed by atoms with E-state index in [9.17, 15) is 4.79 Å². The van der Waals surface area contributed by atoms with E-state index >= 15 is 0 Å². The van der Waals surface area contributed by atoms with Crippen LogP contribution in [0.1, 0.15) is 16.4 Å². The molecular weight excluding hydrogens is 386 g/mol. The first-order valence-electron chi connectivity index (χ1n) is 7.95. The van der Waals surface area contributed by atoms with Crippen molar-refractivity contribution in [2.75, 3.05) is 0 Å². The highest BCUT2D eigenvalue weighted by Crippen LogP contribution is 2.26. The molecule has 0 aliphatic carbocycles. The molecule has 0 aliphatic rings. The van der Waals surface area contributed by atoms with E-state index in [4.69, 9.17) is 20.9 Å². The number of rotatable bonds is 5. The standard InChI is InChI=1S/C19H12ClN3O3S/c20-14-8-4-7-13(9-14)18-21-15(11-27-18)19(24)25-10-16-22-17(23-26-16)12-5-2-1-3-6-12/h1-9,11H,10H2. The first-order valence-corrected chi connectivity index (χ1v) is 9.21. The van der Waals surface area contributed by atoms with E-state index < -0.39 is 5.97 Å². The summed E-state index contributed by atoms with van der Waals surface area (Å²) in [5.41, 5.74) is 1.89. The van der Waals surface area contributed by atoms with Gasteiger partial charge in [0.05, 0.1) is 0 Å². The maximum absolute atomic E-state index is 12.2. The van der Waals surface area contributed by atoms with Gasteiger partial charge in [-0.2, -0.15) is 4.98 Å². The van der Waals surface area contributed by atoms with Crippen LogP contribution in [-0.2, 0) is 11.3 Å². The lowest BCUT2D eigenvalue weighted by molar-refractivity contribution is 0.0424. The lowest BCUT2D eigenvalue weighted by Crippen LogP contribution is -2.05. The van der Waals surface area contributed by atoms with E-state index in [1.54, 1.807) is 17.5 Å². The number of carbonyl (C=O) groups is 1. The monoisotopic (exact) mass is 397 g/mol. The third-order valence-electron chi connectivity index (χ3n) is 3.61. The molecule has 2 aromatic carbocycles. The maximum atomic E-state index is 12.2. The Balaban J connectivity index is 1.41. The van der Waals surface area contributed by atoms with Gasteiger partial charge in [0.2, 0.25) is 5.82 Å². The quantitative estimate of drug-likeness (QED) is 0.447. The second-order valence-corrected chi connectivity index (χ2v) is 6.80. The van der Waals surface area contributed by atoms with Crippen LogP contribution in [-0.4, -0.2) is 21.1 Å². The Labute approximate surface area is 163 Å². The number of hydrogen-bond acceptors (Lipinski definition) is 7.